The van der Waals surface area contributed by atoms with Crippen molar-refractivity contribution in [3.8, 4) is 0 Å². The normalized spacial score (nSPS) is 18.7. The number of aliphatic hydroxyl groups is 6. The zero-order chi connectivity index (χ0) is 58.0. The average molecular weight is 1200 g/mol. The molecule has 1 saturated heterocycles. The highest BCUT2D eigenvalue weighted by Gasteiger charge is 2.46. The van der Waals surface area contributed by atoms with Crippen molar-refractivity contribution in [2.45, 2.75) is 165 Å². The maximum atomic E-state index is 14.2. The SMILES string of the molecule is CC(=O)NC[C@H](OCCOCCOCCOCCOCCOCCOCCCCCCCCCCSSCCCCCCCCCCCOCCOCCOCCOCCO)OC(CO)[C@H](CO)O[C@@H]1OC(CO)[C@H](F)C(O)C1O. The molecule has 1 heterocycles. The summed E-state index contributed by atoms with van der Waals surface area (Å²) in [4.78, 5) is 11.6. The summed E-state index contributed by atoms with van der Waals surface area (Å²) in [7, 11) is 4.12. The number of unbranched alkanes of at least 4 members (excludes halogenated alkanes) is 15. The van der Waals surface area contributed by atoms with Gasteiger partial charge in [0.25, 0.3) is 0 Å². The summed E-state index contributed by atoms with van der Waals surface area (Å²) in [5, 5.41) is 60.7. The van der Waals surface area contributed by atoms with Crippen LogP contribution in [0.3, 0.4) is 0 Å². The lowest BCUT2D eigenvalue weighted by atomic mass is 10.0. The Balaban J connectivity index is 1.80. The van der Waals surface area contributed by atoms with E-state index in [1.165, 1.54) is 115 Å². The van der Waals surface area contributed by atoms with Crippen molar-refractivity contribution >= 4 is 27.5 Å². The molecule has 1 rings (SSSR count). The van der Waals surface area contributed by atoms with Gasteiger partial charge in [0.2, 0.25) is 5.91 Å². The molecule has 0 aliphatic carbocycles. The highest BCUT2D eigenvalue weighted by Crippen LogP contribution is 2.27. The van der Waals surface area contributed by atoms with Crippen LogP contribution in [0.5, 0.6) is 0 Å². The Hall–Kier alpha value is -0.700. The van der Waals surface area contributed by atoms with Gasteiger partial charge in [0, 0.05) is 31.6 Å². The van der Waals surface area contributed by atoms with Crippen molar-refractivity contribution in [2.24, 2.45) is 0 Å². The topological polar surface area (TPSA) is 280 Å². The maximum Gasteiger partial charge on any atom is 0.217 e. The van der Waals surface area contributed by atoms with E-state index in [0.29, 0.717) is 106 Å². The molecule has 0 spiro atoms. The molecule has 0 radical (unpaired) electrons. The fourth-order valence-electron chi connectivity index (χ4n) is 7.80. The predicted molar refractivity (Wildman–Crippen MR) is 304 cm³/mol. The Kier molecular flexibility index (Phi) is 58.0. The Morgan fingerprint density at radius 1 is 0.475 bits per heavy atom. The lowest BCUT2D eigenvalue weighted by molar-refractivity contribution is -0.319. The van der Waals surface area contributed by atoms with Gasteiger partial charge in [-0.25, -0.2) is 4.39 Å². The zero-order valence-electron chi connectivity index (χ0n) is 48.4. The molecule has 1 aliphatic heterocycles. The van der Waals surface area contributed by atoms with Crippen molar-refractivity contribution in [2.75, 3.05) is 183 Å². The molecule has 25 heteroatoms. The smallest absolute Gasteiger partial charge is 0.217 e. The maximum absolute atomic E-state index is 14.2. The molecular weight excluding hydrogens is 1090 g/mol. The molecule has 1 fully saturated rings. The summed E-state index contributed by atoms with van der Waals surface area (Å²) in [6.45, 7) is 8.73. The lowest BCUT2D eigenvalue weighted by Gasteiger charge is -2.40. The third-order valence-corrected chi connectivity index (χ3v) is 14.9. The Morgan fingerprint density at radius 3 is 1.19 bits per heavy atom. The standard InChI is InChI=1S/C55H108FNO21S2/c1-47(62)57-43-51(76-48(44-59)49(45-60)77-55-54(64)53(63)52(56)50(46-61)78-55)75-40-39-74-38-37-73-36-35-72-34-33-71-32-30-69-27-24-66-21-16-12-8-4-6-10-14-18-42-80-79-41-17-13-9-5-2-3-7-11-15-20-65-23-26-68-29-31-70-28-25-67-22-19-58/h48-55,58-61,63-64H,2-46H2,1H3,(H,57,62)/t48?,49-,50?,51+,52-,53?,54?,55+/m0/s1. The van der Waals surface area contributed by atoms with Gasteiger partial charge in [-0.2, -0.15) is 0 Å². The third-order valence-electron chi connectivity index (χ3n) is 12.3. The van der Waals surface area contributed by atoms with Crippen LogP contribution in [-0.2, 0) is 71.1 Å². The molecule has 0 aromatic heterocycles. The molecule has 478 valence electrons. The van der Waals surface area contributed by atoms with Crippen LogP contribution in [0.4, 0.5) is 4.39 Å². The number of nitrogens with one attached hydrogen (secondary N) is 1. The van der Waals surface area contributed by atoms with E-state index in [1.54, 1.807) is 0 Å². The van der Waals surface area contributed by atoms with Crippen LogP contribution < -0.4 is 5.32 Å². The molecule has 4 unspecified atom stereocenters. The third kappa shape index (κ3) is 47.5. The van der Waals surface area contributed by atoms with Crippen LogP contribution in [0.25, 0.3) is 0 Å². The van der Waals surface area contributed by atoms with E-state index in [2.05, 4.69) is 26.9 Å². The van der Waals surface area contributed by atoms with Crippen LogP contribution in [0.1, 0.15) is 116 Å². The second-order valence-corrected chi connectivity index (χ2v) is 21.8. The monoisotopic (exact) mass is 1200 g/mol. The highest BCUT2D eigenvalue weighted by molar-refractivity contribution is 8.76. The van der Waals surface area contributed by atoms with Crippen molar-refractivity contribution in [1.29, 1.82) is 0 Å². The van der Waals surface area contributed by atoms with E-state index in [0.717, 1.165) is 26.1 Å². The molecule has 7 N–H and O–H groups in total. The van der Waals surface area contributed by atoms with Crippen LogP contribution in [0.2, 0.25) is 0 Å². The molecule has 1 aliphatic rings. The van der Waals surface area contributed by atoms with Gasteiger partial charge in [-0.05, 0) is 25.7 Å². The summed E-state index contributed by atoms with van der Waals surface area (Å²) in [5.41, 5.74) is 0. The van der Waals surface area contributed by atoms with E-state index in [9.17, 15) is 34.7 Å². The van der Waals surface area contributed by atoms with Gasteiger partial charge in [-0.15, -0.1) is 0 Å². The average Bonchev–Trinajstić information content (AvgIpc) is 3.50. The molecule has 8 atom stereocenters. The predicted octanol–water partition coefficient (Wildman–Crippen LogP) is 4.17. The zero-order valence-corrected chi connectivity index (χ0v) is 50.1. The Bertz CT molecular complexity index is 1290. The van der Waals surface area contributed by atoms with Crippen molar-refractivity contribution in [3.05, 3.63) is 0 Å². The summed E-state index contributed by atoms with van der Waals surface area (Å²) >= 11 is 0. The first-order valence-electron chi connectivity index (χ1n) is 29.6. The first-order chi connectivity index (χ1) is 39.3. The van der Waals surface area contributed by atoms with E-state index in [4.69, 9.17) is 71.4 Å². The fourth-order valence-corrected chi connectivity index (χ4v) is 10.1. The van der Waals surface area contributed by atoms with E-state index in [-0.39, 0.29) is 38.9 Å². The fraction of sp³-hybridized carbons (Fsp3) is 0.982. The number of hydrogen-bond acceptors (Lipinski definition) is 23. The number of rotatable bonds is 64. The Labute approximate surface area is 485 Å². The molecule has 0 saturated carbocycles. The van der Waals surface area contributed by atoms with Crippen LogP contribution in [-0.4, -0.2) is 269 Å². The van der Waals surface area contributed by atoms with Crippen LogP contribution in [0.15, 0.2) is 0 Å². The van der Waals surface area contributed by atoms with E-state index in [1.807, 2.05) is 0 Å². The summed E-state index contributed by atoms with van der Waals surface area (Å²) < 4.78 is 91.4. The van der Waals surface area contributed by atoms with Gasteiger partial charge in [0.1, 0.15) is 30.5 Å². The largest absolute Gasteiger partial charge is 0.394 e. The van der Waals surface area contributed by atoms with Crippen LogP contribution >= 0.6 is 21.6 Å². The first kappa shape index (κ1) is 77.3. The van der Waals surface area contributed by atoms with Gasteiger partial charge in [-0.1, -0.05) is 105 Å². The number of amides is 1. The lowest BCUT2D eigenvalue weighted by Crippen LogP contribution is -2.59. The minimum absolute atomic E-state index is 0.0234. The Morgan fingerprint density at radius 2 is 0.825 bits per heavy atom. The highest BCUT2D eigenvalue weighted by atomic mass is 33.1. The number of aliphatic hydroxyl groups excluding tert-OH is 6. The van der Waals surface area contributed by atoms with E-state index < -0.39 is 69.1 Å². The second kappa shape index (κ2) is 60.0. The number of ether oxygens (including phenoxy) is 14. The van der Waals surface area contributed by atoms with Crippen LogP contribution in [0, 0.1) is 0 Å². The summed E-state index contributed by atoms with van der Waals surface area (Å²) in [5.74, 6) is 2.17. The molecule has 0 aromatic rings. The second-order valence-electron chi connectivity index (χ2n) is 19.1. The van der Waals surface area contributed by atoms with E-state index >= 15 is 0 Å². The molecule has 0 bridgehead atoms. The van der Waals surface area contributed by atoms with Gasteiger partial charge in [0.05, 0.1) is 159 Å². The minimum Gasteiger partial charge on any atom is -0.394 e. The van der Waals surface area contributed by atoms with Gasteiger partial charge in [-0.3, -0.25) is 4.79 Å². The molecule has 1 amide bonds. The number of alkyl halides is 1. The minimum atomic E-state index is -2.08. The molecular formula is C55H108FNO21S2. The van der Waals surface area contributed by atoms with Gasteiger partial charge >= 0.3 is 0 Å². The number of carbonyl (C=O) groups excluding carboxylic acids is 1. The molecule has 0 aromatic carbocycles. The quantitative estimate of drug-likeness (QED) is 0.0256. The summed E-state index contributed by atoms with van der Waals surface area (Å²) in [6, 6.07) is 0. The number of halogens is 1. The van der Waals surface area contributed by atoms with Crippen molar-refractivity contribution in [1.82, 2.24) is 5.32 Å². The molecule has 22 nitrogen and oxygen atoms in total. The van der Waals surface area contributed by atoms with Crippen molar-refractivity contribution < 1.29 is 106 Å². The van der Waals surface area contributed by atoms with Crippen molar-refractivity contribution in [3.63, 3.8) is 0 Å². The van der Waals surface area contributed by atoms with Gasteiger partial charge in [0.15, 0.2) is 18.8 Å². The first-order valence-corrected chi connectivity index (χ1v) is 32.1. The number of hydrogen-bond donors (Lipinski definition) is 7. The summed E-state index contributed by atoms with van der Waals surface area (Å²) in [6.07, 6.45) is 9.27. The van der Waals surface area contributed by atoms with Gasteiger partial charge < -0.3 is 102 Å². The number of carbonyl (C=O) groups is 1. The molecule has 80 heavy (non-hydrogen) atoms.